The molecule has 1 aliphatic heterocycles. The molecule has 2 aromatic heterocycles. The largest absolute Gasteiger partial charge is 0.327 e. The van der Waals surface area contributed by atoms with E-state index < -0.39 is 0 Å². The fraction of sp³-hybridized carbons (Fsp3) is 0.200. The van der Waals surface area contributed by atoms with E-state index in [0.717, 1.165) is 4.70 Å². The molecule has 3 heterocycles. The predicted octanol–water partition coefficient (Wildman–Crippen LogP) is 4.56. The standard InChI is InChI=1S/C20H15ClFN5OS/c1-11-17-24-25-18(19-23-15-7-6-14(22)10-16(15)29-19)27(17)9-8-26(11)20(28)12-2-4-13(21)5-3-12/h2-7,10-11H,8-9H2,1H3/t11-/m1/s1/i4D. The summed E-state index contributed by atoms with van der Waals surface area (Å²) in [6.07, 6.45) is 0. The smallest absolute Gasteiger partial charge is 0.254 e. The van der Waals surface area contributed by atoms with Crippen LogP contribution in [0.25, 0.3) is 21.0 Å². The van der Waals surface area contributed by atoms with Gasteiger partial charge in [-0.15, -0.1) is 21.5 Å². The molecule has 0 unspecified atom stereocenters. The highest BCUT2D eigenvalue weighted by molar-refractivity contribution is 7.21. The molecule has 5 rings (SSSR count). The lowest BCUT2D eigenvalue weighted by Gasteiger charge is -2.33. The summed E-state index contributed by atoms with van der Waals surface area (Å²) in [6, 6.07) is 8.96. The summed E-state index contributed by atoms with van der Waals surface area (Å²) in [5, 5.41) is 9.59. The molecule has 29 heavy (non-hydrogen) atoms. The number of hydrogen-bond donors (Lipinski definition) is 0. The molecule has 146 valence electrons. The number of fused-ring (bicyclic) bond motifs is 2. The number of halogens is 2. The number of thiazole rings is 1. The van der Waals surface area contributed by atoms with E-state index in [4.69, 9.17) is 13.0 Å². The van der Waals surface area contributed by atoms with Gasteiger partial charge in [-0.05, 0) is 49.4 Å². The third-order valence-corrected chi connectivity index (χ3v) is 6.26. The molecule has 1 amide bonds. The number of carbonyl (C=O) groups is 1. The number of hydrogen-bond acceptors (Lipinski definition) is 5. The first kappa shape index (κ1) is 17.1. The first-order valence-electron chi connectivity index (χ1n) is 9.49. The molecule has 0 N–H and O–H groups in total. The Morgan fingerprint density at radius 2 is 2.14 bits per heavy atom. The van der Waals surface area contributed by atoms with Crippen molar-refractivity contribution >= 4 is 39.1 Å². The molecule has 0 bridgehead atoms. The number of carbonyl (C=O) groups excluding carboxylic acids is 1. The summed E-state index contributed by atoms with van der Waals surface area (Å²) < 4.78 is 24.0. The van der Waals surface area contributed by atoms with E-state index in [-0.39, 0.29) is 23.8 Å². The highest BCUT2D eigenvalue weighted by atomic mass is 35.5. The Morgan fingerprint density at radius 1 is 1.28 bits per heavy atom. The molecule has 9 heteroatoms. The summed E-state index contributed by atoms with van der Waals surface area (Å²) in [7, 11) is 0. The molecule has 0 spiro atoms. The summed E-state index contributed by atoms with van der Waals surface area (Å²) >= 11 is 7.27. The lowest BCUT2D eigenvalue weighted by Crippen LogP contribution is -2.41. The van der Waals surface area contributed by atoms with Crippen molar-refractivity contribution in [3.63, 3.8) is 0 Å². The van der Waals surface area contributed by atoms with Crippen LogP contribution in [0.5, 0.6) is 0 Å². The van der Waals surface area contributed by atoms with Crippen molar-refractivity contribution < 1.29 is 10.6 Å². The van der Waals surface area contributed by atoms with Crippen molar-refractivity contribution in [3.8, 4) is 10.8 Å². The molecule has 1 aliphatic rings. The zero-order chi connectivity index (χ0) is 21.0. The zero-order valence-electron chi connectivity index (χ0n) is 16.3. The van der Waals surface area contributed by atoms with Gasteiger partial charge in [0.2, 0.25) is 0 Å². The Kier molecular flexibility index (Phi) is 4.05. The average Bonchev–Trinajstić information content (AvgIpc) is 3.33. The van der Waals surface area contributed by atoms with Crippen LogP contribution in [0.15, 0.2) is 42.4 Å². The molecule has 0 radical (unpaired) electrons. The van der Waals surface area contributed by atoms with Crippen molar-refractivity contribution in [1.82, 2.24) is 24.6 Å². The fourth-order valence-corrected chi connectivity index (χ4v) is 4.62. The maximum Gasteiger partial charge on any atom is 0.254 e. The van der Waals surface area contributed by atoms with Crippen LogP contribution >= 0.6 is 22.9 Å². The van der Waals surface area contributed by atoms with Crippen molar-refractivity contribution in [2.75, 3.05) is 6.54 Å². The van der Waals surface area contributed by atoms with Gasteiger partial charge in [0.05, 0.1) is 17.6 Å². The van der Waals surface area contributed by atoms with E-state index in [1.54, 1.807) is 23.1 Å². The second-order valence-electron chi connectivity index (χ2n) is 6.76. The topological polar surface area (TPSA) is 63.9 Å². The summed E-state index contributed by atoms with van der Waals surface area (Å²) in [5.74, 6) is 0.793. The summed E-state index contributed by atoms with van der Waals surface area (Å²) in [5.41, 5.74) is 1.13. The molecule has 0 saturated heterocycles. The van der Waals surface area contributed by atoms with Gasteiger partial charge in [-0.1, -0.05) is 11.6 Å². The quantitative estimate of drug-likeness (QED) is 0.469. The first-order chi connectivity index (χ1) is 14.4. The van der Waals surface area contributed by atoms with Gasteiger partial charge in [-0.2, -0.15) is 0 Å². The lowest BCUT2D eigenvalue weighted by atomic mass is 10.1. The Hall–Kier alpha value is -2.84. The van der Waals surface area contributed by atoms with Crippen molar-refractivity contribution in [2.45, 2.75) is 19.5 Å². The van der Waals surface area contributed by atoms with E-state index in [1.807, 2.05) is 11.5 Å². The van der Waals surface area contributed by atoms with Crippen molar-refractivity contribution in [3.05, 3.63) is 64.7 Å². The van der Waals surface area contributed by atoms with Gasteiger partial charge >= 0.3 is 0 Å². The maximum absolute atomic E-state index is 13.5. The predicted molar refractivity (Wildman–Crippen MR) is 109 cm³/mol. The molecule has 0 fully saturated rings. The van der Waals surface area contributed by atoms with Crippen molar-refractivity contribution in [1.29, 1.82) is 0 Å². The van der Waals surface area contributed by atoms with Crippen LogP contribution in [0.4, 0.5) is 4.39 Å². The van der Waals surface area contributed by atoms with Gasteiger partial charge in [-0.25, -0.2) is 9.37 Å². The van der Waals surface area contributed by atoms with Gasteiger partial charge < -0.3 is 9.47 Å². The molecular formula is C20H15ClFN5OS. The van der Waals surface area contributed by atoms with Crippen LogP contribution in [0.1, 0.15) is 30.5 Å². The number of amides is 1. The Morgan fingerprint density at radius 3 is 2.97 bits per heavy atom. The molecule has 0 aliphatic carbocycles. The monoisotopic (exact) mass is 428 g/mol. The molecule has 6 nitrogen and oxygen atoms in total. The van der Waals surface area contributed by atoms with Gasteiger partial charge in [0.15, 0.2) is 16.7 Å². The van der Waals surface area contributed by atoms with Crippen LogP contribution in [0.3, 0.4) is 0 Å². The first-order valence-corrected chi connectivity index (χ1v) is 10.2. The van der Waals surface area contributed by atoms with E-state index >= 15 is 0 Å². The van der Waals surface area contributed by atoms with E-state index in [1.165, 1.54) is 29.5 Å². The SMILES string of the molecule is [2H]c1cc(C(=O)N2CCn3c(-c4nc5ccc(F)cc5s4)nnc3[C@H]2C)ccc1Cl. The Balaban J connectivity index is 1.47. The van der Waals surface area contributed by atoms with Crippen molar-refractivity contribution in [2.24, 2.45) is 0 Å². The van der Waals surface area contributed by atoms with Gasteiger partial charge in [-0.3, -0.25) is 4.79 Å². The molecule has 1 atom stereocenters. The minimum atomic E-state index is -0.304. The van der Waals surface area contributed by atoms with E-state index in [2.05, 4.69) is 15.2 Å². The molecule has 2 aromatic carbocycles. The molecule has 0 saturated carbocycles. The van der Waals surface area contributed by atoms with Gasteiger partial charge in [0.1, 0.15) is 5.82 Å². The van der Waals surface area contributed by atoms with E-state index in [0.29, 0.717) is 45.8 Å². The summed E-state index contributed by atoms with van der Waals surface area (Å²) in [4.78, 5) is 19.3. The van der Waals surface area contributed by atoms with Crippen LogP contribution < -0.4 is 0 Å². The second kappa shape index (κ2) is 6.89. The number of aromatic nitrogens is 4. The van der Waals surface area contributed by atoms with Crippen LogP contribution in [0.2, 0.25) is 5.02 Å². The van der Waals surface area contributed by atoms with Crippen LogP contribution in [-0.2, 0) is 6.54 Å². The highest BCUT2D eigenvalue weighted by Gasteiger charge is 2.32. The van der Waals surface area contributed by atoms with Gasteiger partial charge in [0, 0.05) is 23.7 Å². The average molecular weight is 429 g/mol. The van der Waals surface area contributed by atoms with Gasteiger partial charge in [0.25, 0.3) is 5.91 Å². The van der Waals surface area contributed by atoms with E-state index in [9.17, 15) is 9.18 Å². The third-order valence-electron chi connectivity index (χ3n) is 5.01. The van der Waals surface area contributed by atoms with Crippen LogP contribution in [0, 0.1) is 5.82 Å². The normalized spacial score (nSPS) is 16.7. The minimum Gasteiger partial charge on any atom is -0.327 e. The number of benzene rings is 2. The maximum atomic E-state index is 13.5. The lowest BCUT2D eigenvalue weighted by molar-refractivity contribution is 0.0638. The van der Waals surface area contributed by atoms with Crippen LogP contribution in [-0.4, -0.2) is 37.1 Å². The fourth-order valence-electron chi connectivity index (χ4n) is 3.52. The number of nitrogens with zero attached hydrogens (tertiary/aromatic N) is 5. The summed E-state index contributed by atoms with van der Waals surface area (Å²) in [6.45, 7) is 2.87. The molecular weight excluding hydrogens is 413 g/mol. The third kappa shape index (κ3) is 3.08. The number of rotatable bonds is 2. The molecule has 4 aromatic rings. The Bertz CT molecular complexity index is 1310. The minimum absolute atomic E-state index is 0.116. The second-order valence-corrected chi connectivity index (χ2v) is 8.20. The zero-order valence-corrected chi connectivity index (χ0v) is 16.8. The Labute approximate surface area is 176 Å². The highest BCUT2D eigenvalue weighted by Crippen LogP contribution is 2.33.